The molecule has 1 saturated heterocycles. The quantitative estimate of drug-likeness (QED) is 0.663. The van der Waals surface area contributed by atoms with E-state index >= 15 is 0 Å². The minimum Gasteiger partial charge on any atom is -0.484 e. The SMILES string of the molecule is CC(=O)c1ccc(OCC(=O)Nc2c(C#N)c3c(n2CC2CCCO2)CCCC3)cc1F. The lowest BCUT2D eigenvalue weighted by Crippen LogP contribution is -2.25. The van der Waals surface area contributed by atoms with Crippen LogP contribution in [0.1, 0.15) is 59.8 Å². The Morgan fingerprint density at radius 3 is 2.81 bits per heavy atom. The molecular weight excluding hydrogens is 413 g/mol. The highest BCUT2D eigenvalue weighted by Gasteiger charge is 2.28. The number of Topliss-reactive ketones (excluding diaryl/α,β-unsaturated/α-hetero) is 1. The highest BCUT2D eigenvalue weighted by atomic mass is 19.1. The van der Waals surface area contributed by atoms with Crippen LogP contribution in [-0.4, -0.2) is 35.6 Å². The molecule has 1 unspecified atom stereocenters. The molecule has 1 atom stereocenters. The largest absolute Gasteiger partial charge is 0.484 e. The third-order valence-corrected chi connectivity index (χ3v) is 6.04. The number of carbonyl (C=O) groups excluding carboxylic acids is 2. The molecule has 2 aromatic rings. The molecule has 8 heteroatoms. The normalized spacial score (nSPS) is 17.5. The second-order valence-corrected chi connectivity index (χ2v) is 8.25. The Morgan fingerprint density at radius 1 is 1.31 bits per heavy atom. The summed E-state index contributed by atoms with van der Waals surface area (Å²) < 4.78 is 27.2. The zero-order valence-electron chi connectivity index (χ0n) is 18.1. The number of nitrogens with one attached hydrogen (secondary N) is 1. The van der Waals surface area contributed by atoms with Crippen LogP contribution >= 0.6 is 0 Å². The van der Waals surface area contributed by atoms with E-state index in [0.717, 1.165) is 62.5 Å². The summed E-state index contributed by atoms with van der Waals surface area (Å²) in [7, 11) is 0. The van der Waals surface area contributed by atoms with Gasteiger partial charge in [-0.05, 0) is 63.1 Å². The molecule has 168 valence electrons. The van der Waals surface area contributed by atoms with E-state index in [9.17, 15) is 19.2 Å². The van der Waals surface area contributed by atoms with Crippen LogP contribution < -0.4 is 10.1 Å². The van der Waals surface area contributed by atoms with Crippen molar-refractivity contribution in [1.29, 1.82) is 5.26 Å². The summed E-state index contributed by atoms with van der Waals surface area (Å²) in [5, 5.41) is 12.7. The van der Waals surface area contributed by atoms with Crippen molar-refractivity contribution < 1.29 is 23.5 Å². The van der Waals surface area contributed by atoms with Crippen LogP contribution in [0.3, 0.4) is 0 Å². The number of fused-ring (bicyclic) bond motifs is 1. The minimum atomic E-state index is -0.694. The molecule has 7 nitrogen and oxygen atoms in total. The van der Waals surface area contributed by atoms with Crippen molar-refractivity contribution in [2.24, 2.45) is 0 Å². The van der Waals surface area contributed by atoms with Crippen molar-refractivity contribution >= 4 is 17.5 Å². The number of hydrogen-bond donors (Lipinski definition) is 1. The first-order chi connectivity index (χ1) is 15.5. The number of ether oxygens (including phenoxy) is 2. The van der Waals surface area contributed by atoms with Crippen LogP contribution in [-0.2, 0) is 28.9 Å². The van der Waals surface area contributed by atoms with Crippen LogP contribution in [0.5, 0.6) is 5.75 Å². The summed E-state index contributed by atoms with van der Waals surface area (Å²) in [6.07, 6.45) is 5.77. The summed E-state index contributed by atoms with van der Waals surface area (Å²) in [6.45, 7) is 2.26. The number of nitrogens with zero attached hydrogens (tertiary/aromatic N) is 2. The summed E-state index contributed by atoms with van der Waals surface area (Å²) >= 11 is 0. The molecule has 0 radical (unpaired) electrons. The van der Waals surface area contributed by atoms with Crippen LogP contribution in [0.2, 0.25) is 0 Å². The highest BCUT2D eigenvalue weighted by Crippen LogP contribution is 2.34. The second-order valence-electron chi connectivity index (χ2n) is 8.25. The first-order valence-electron chi connectivity index (χ1n) is 11.0. The van der Waals surface area contributed by atoms with Crippen LogP contribution in [0.4, 0.5) is 10.2 Å². The molecule has 2 aliphatic rings. The Hall–Kier alpha value is -3.18. The number of hydrogen-bond acceptors (Lipinski definition) is 5. The zero-order valence-corrected chi connectivity index (χ0v) is 18.1. The van der Waals surface area contributed by atoms with E-state index in [-0.39, 0.29) is 29.8 Å². The average Bonchev–Trinajstić information content (AvgIpc) is 3.39. The molecule has 1 aliphatic heterocycles. The number of anilines is 1. The van der Waals surface area contributed by atoms with Gasteiger partial charge in [0.05, 0.1) is 23.8 Å². The molecule has 1 amide bonds. The van der Waals surface area contributed by atoms with Gasteiger partial charge in [0.15, 0.2) is 12.4 Å². The lowest BCUT2D eigenvalue weighted by Gasteiger charge is -2.20. The van der Waals surface area contributed by atoms with Gasteiger partial charge in [-0.15, -0.1) is 0 Å². The maximum atomic E-state index is 14.0. The maximum Gasteiger partial charge on any atom is 0.263 e. The van der Waals surface area contributed by atoms with Gasteiger partial charge < -0.3 is 19.4 Å². The van der Waals surface area contributed by atoms with Gasteiger partial charge in [0.2, 0.25) is 0 Å². The third-order valence-electron chi connectivity index (χ3n) is 6.04. The Morgan fingerprint density at radius 2 is 2.12 bits per heavy atom. The Labute approximate surface area is 186 Å². The van der Waals surface area contributed by atoms with E-state index < -0.39 is 11.7 Å². The van der Waals surface area contributed by atoms with E-state index in [1.807, 2.05) is 4.57 Å². The molecule has 0 saturated carbocycles. The van der Waals surface area contributed by atoms with Gasteiger partial charge in [0.25, 0.3) is 5.91 Å². The number of aromatic nitrogens is 1. The lowest BCUT2D eigenvalue weighted by atomic mass is 9.95. The fourth-order valence-corrected chi connectivity index (χ4v) is 4.50. The Kier molecular flexibility index (Phi) is 6.56. The van der Waals surface area contributed by atoms with E-state index in [0.29, 0.717) is 17.9 Å². The fraction of sp³-hybridized carbons (Fsp3) is 0.458. The smallest absolute Gasteiger partial charge is 0.263 e. The summed E-state index contributed by atoms with van der Waals surface area (Å²) in [5.41, 5.74) is 2.58. The minimum absolute atomic E-state index is 0.0296. The number of nitriles is 1. The molecule has 1 N–H and O–H groups in total. The molecule has 1 fully saturated rings. The van der Waals surface area contributed by atoms with Gasteiger partial charge in [0.1, 0.15) is 23.5 Å². The van der Waals surface area contributed by atoms with E-state index in [4.69, 9.17) is 9.47 Å². The first-order valence-corrected chi connectivity index (χ1v) is 11.0. The predicted molar refractivity (Wildman–Crippen MR) is 115 cm³/mol. The number of rotatable bonds is 7. The predicted octanol–water partition coefficient (Wildman–Crippen LogP) is 3.78. The van der Waals surface area contributed by atoms with Crippen molar-refractivity contribution in [3.8, 4) is 11.8 Å². The number of ketones is 1. The lowest BCUT2D eigenvalue weighted by molar-refractivity contribution is -0.118. The molecule has 0 spiro atoms. The molecule has 0 bridgehead atoms. The number of benzene rings is 1. The van der Waals surface area contributed by atoms with Gasteiger partial charge in [-0.3, -0.25) is 9.59 Å². The monoisotopic (exact) mass is 439 g/mol. The van der Waals surface area contributed by atoms with Crippen LogP contribution in [0.15, 0.2) is 18.2 Å². The molecule has 1 aliphatic carbocycles. The van der Waals surface area contributed by atoms with E-state index in [1.165, 1.54) is 19.1 Å². The molecule has 1 aromatic heterocycles. The molecular formula is C24H26FN3O4. The van der Waals surface area contributed by atoms with E-state index in [1.54, 1.807) is 0 Å². The van der Waals surface area contributed by atoms with Crippen molar-refractivity contribution in [1.82, 2.24) is 4.57 Å². The highest BCUT2D eigenvalue weighted by molar-refractivity contribution is 5.94. The summed E-state index contributed by atoms with van der Waals surface area (Å²) in [4.78, 5) is 24.0. The second kappa shape index (κ2) is 9.53. The topological polar surface area (TPSA) is 93.4 Å². The van der Waals surface area contributed by atoms with E-state index in [2.05, 4.69) is 11.4 Å². The van der Waals surface area contributed by atoms with Crippen LogP contribution in [0.25, 0.3) is 0 Å². The van der Waals surface area contributed by atoms with Gasteiger partial charge >= 0.3 is 0 Å². The van der Waals surface area contributed by atoms with Gasteiger partial charge in [-0.1, -0.05) is 0 Å². The number of amides is 1. The van der Waals surface area contributed by atoms with Crippen molar-refractivity contribution in [2.45, 2.75) is 58.1 Å². The average molecular weight is 439 g/mol. The standard InChI is InChI=1S/C24H26FN3O4/c1-15(29)18-9-8-16(11-21(18)25)32-14-23(30)27-24-20(12-26)19-6-2-3-7-22(19)28(24)13-17-5-4-10-31-17/h8-9,11,17H,2-7,10,13-14H2,1H3,(H,27,30). The van der Waals surface area contributed by atoms with Crippen molar-refractivity contribution in [3.05, 3.63) is 46.4 Å². The first kappa shape index (κ1) is 22.0. The van der Waals surface area contributed by atoms with Gasteiger partial charge in [-0.25, -0.2) is 4.39 Å². The fourth-order valence-electron chi connectivity index (χ4n) is 4.50. The van der Waals surface area contributed by atoms with Gasteiger partial charge in [0, 0.05) is 18.4 Å². The molecule has 4 rings (SSSR count). The molecule has 1 aromatic carbocycles. The van der Waals surface area contributed by atoms with Crippen LogP contribution in [0, 0.1) is 17.1 Å². The number of carbonyl (C=O) groups is 2. The van der Waals surface area contributed by atoms with Gasteiger partial charge in [-0.2, -0.15) is 5.26 Å². The summed E-state index contributed by atoms with van der Waals surface area (Å²) in [6, 6.07) is 6.14. The third kappa shape index (κ3) is 4.53. The summed E-state index contributed by atoms with van der Waals surface area (Å²) in [5.74, 6) is -0.883. The zero-order chi connectivity index (χ0) is 22.7. The number of halogens is 1. The Balaban J connectivity index is 1.52. The molecule has 2 heterocycles. The molecule has 32 heavy (non-hydrogen) atoms. The van der Waals surface area contributed by atoms with Crippen molar-refractivity contribution in [2.75, 3.05) is 18.5 Å². The Bertz CT molecular complexity index is 1080. The maximum absolute atomic E-state index is 14.0. The van der Waals surface area contributed by atoms with Crippen molar-refractivity contribution in [3.63, 3.8) is 0 Å².